The normalized spacial score (nSPS) is 10.4. The summed E-state index contributed by atoms with van der Waals surface area (Å²) in [5.41, 5.74) is 1.80. The lowest BCUT2D eigenvalue weighted by molar-refractivity contribution is 0.0950. The summed E-state index contributed by atoms with van der Waals surface area (Å²) < 4.78 is 0. The second kappa shape index (κ2) is 9.09. The van der Waals surface area contributed by atoms with Crippen LogP contribution in [0.2, 0.25) is 0 Å². The van der Waals surface area contributed by atoms with E-state index in [-0.39, 0.29) is 11.9 Å². The van der Waals surface area contributed by atoms with Crippen molar-refractivity contribution < 1.29 is 9.59 Å². The summed E-state index contributed by atoms with van der Waals surface area (Å²) >= 11 is 1.56. The summed E-state index contributed by atoms with van der Waals surface area (Å²) in [6, 6.07) is 12.1. The molecule has 0 radical (unpaired) electrons. The zero-order chi connectivity index (χ0) is 19.9. The molecule has 8 heteroatoms. The molecule has 0 saturated carbocycles. The van der Waals surface area contributed by atoms with Gasteiger partial charge >= 0.3 is 6.03 Å². The lowest BCUT2D eigenvalue weighted by Gasteiger charge is -2.17. The Morgan fingerprint density at radius 1 is 1.14 bits per heavy atom. The Kier molecular flexibility index (Phi) is 6.33. The van der Waals surface area contributed by atoms with Crippen molar-refractivity contribution in [3.63, 3.8) is 0 Å². The number of hydrogen-bond donors (Lipinski definition) is 2. The van der Waals surface area contributed by atoms with E-state index in [9.17, 15) is 9.59 Å². The first-order valence-electron chi connectivity index (χ1n) is 8.73. The maximum Gasteiger partial charge on any atom is 0.321 e. The number of aryl methyl sites for hydroxylation is 1. The molecule has 0 fully saturated rings. The van der Waals surface area contributed by atoms with Crippen molar-refractivity contribution in [3.8, 4) is 0 Å². The van der Waals surface area contributed by atoms with E-state index < -0.39 is 0 Å². The molecule has 0 unspecified atom stereocenters. The van der Waals surface area contributed by atoms with Crippen LogP contribution in [0.15, 0.2) is 54.9 Å². The molecule has 0 aliphatic heterocycles. The number of urea groups is 1. The van der Waals surface area contributed by atoms with Crippen molar-refractivity contribution in [2.24, 2.45) is 0 Å². The molecule has 3 amide bonds. The van der Waals surface area contributed by atoms with E-state index in [1.54, 1.807) is 59.9 Å². The third-order valence-electron chi connectivity index (χ3n) is 3.94. The first kappa shape index (κ1) is 19.5. The lowest BCUT2D eigenvalue weighted by Crippen LogP contribution is -2.30. The molecule has 144 valence electrons. The van der Waals surface area contributed by atoms with E-state index in [1.165, 1.54) is 0 Å². The molecular weight excluding hydrogens is 374 g/mol. The lowest BCUT2D eigenvalue weighted by atomic mass is 10.2. The predicted molar refractivity (Wildman–Crippen MR) is 109 cm³/mol. The van der Waals surface area contributed by atoms with Crippen LogP contribution in [0.25, 0.3) is 0 Å². The van der Waals surface area contributed by atoms with Gasteiger partial charge in [-0.3, -0.25) is 9.78 Å². The maximum absolute atomic E-state index is 12.4. The van der Waals surface area contributed by atoms with E-state index >= 15 is 0 Å². The number of thiazole rings is 1. The summed E-state index contributed by atoms with van der Waals surface area (Å²) in [5.74, 6) is -0.227. The topological polar surface area (TPSA) is 87.2 Å². The van der Waals surface area contributed by atoms with Gasteiger partial charge in [0.1, 0.15) is 0 Å². The number of nitrogens with one attached hydrogen (secondary N) is 2. The van der Waals surface area contributed by atoms with Crippen LogP contribution in [0.5, 0.6) is 0 Å². The van der Waals surface area contributed by atoms with Crippen molar-refractivity contribution in [1.29, 1.82) is 0 Å². The zero-order valence-electron chi connectivity index (χ0n) is 15.7. The summed E-state index contributed by atoms with van der Waals surface area (Å²) in [7, 11) is 1.72. The molecule has 3 rings (SSSR count). The summed E-state index contributed by atoms with van der Waals surface area (Å²) in [6.07, 6.45) is 3.46. The third kappa shape index (κ3) is 5.37. The minimum atomic E-state index is -0.253. The van der Waals surface area contributed by atoms with E-state index in [0.29, 0.717) is 24.3 Å². The summed E-state index contributed by atoms with van der Waals surface area (Å²) in [6.45, 7) is 2.74. The van der Waals surface area contributed by atoms with Gasteiger partial charge in [-0.2, -0.15) is 0 Å². The molecule has 1 aromatic carbocycles. The number of carbonyl (C=O) groups is 2. The van der Waals surface area contributed by atoms with Crippen LogP contribution >= 0.6 is 11.3 Å². The van der Waals surface area contributed by atoms with Crippen molar-refractivity contribution in [3.05, 3.63) is 76.0 Å². The number of carbonyl (C=O) groups excluding carboxylic acids is 2. The zero-order valence-corrected chi connectivity index (χ0v) is 16.5. The summed E-state index contributed by atoms with van der Waals surface area (Å²) in [5, 5.41) is 6.61. The highest BCUT2D eigenvalue weighted by atomic mass is 32.1. The van der Waals surface area contributed by atoms with Crippen LogP contribution in [0.1, 0.15) is 25.9 Å². The van der Waals surface area contributed by atoms with E-state index in [2.05, 4.69) is 20.6 Å². The molecule has 0 saturated heterocycles. The van der Waals surface area contributed by atoms with Crippen LogP contribution in [0.3, 0.4) is 0 Å². The van der Waals surface area contributed by atoms with Crippen LogP contribution in [0.4, 0.5) is 10.5 Å². The van der Waals surface area contributed by atoms with Crippen LogP contribution in [-0.2, 0) is 13.1 Å². The fourth-order valence-corrected chi connectivity index (χ4v) is 3.37. The molecule has 2 N–H and O–H groups in total. The number of amides is 3. The van der Waals surface area contributed by atoms with Gasteiger partial charge in [0.2, 0.25) is 0 Å². The minimum Gasteiger partial charge on any atom is -0.346 e. The highest BCUT2D eigenvalue weighted by Crippen LogP contribution is 2.15. The first-order chi connectivity index (χ1) is 13.5. The van der Waals surface area contributed by atoms with Crippen molar-refractivity contribution in [2.75, 3.05) is 12.4 Å². The number of rotatable bonds is 6. The van der Waals surface area contributed by atoms with E-state index in [1.807, 2.05) is 25.1 Å². The molecule has 2 heterocycles. The van der Waals surface area contributed by atoms with E-state index in [4.69, 9.17) is 0 Å². The van der Waals surface area contributed by atoms with Gasteiger partial charge in [0.05, 0.1) is 23.8 Å². The van der Waals surface area contributed by atoms with Gasteiger partial charge in [0, 0.05) is 35.6 Å². The standard InChI is InChI=1S/C20H21N5O2S/c1-14-22-12-18(28-14)13-25(2)20(27)24-16-8-5-6-15(10-16)19(26)23-11-17-7-3-4-9-21-17/h3-10,12H,11,13H2,1-2H3,(H,23,26)(H,24,27). The number of aromatic nitrogens is 2. The largest absolute Gasteiger partial charge is 0.346 e. The molecule has 0 aliphatic carbocycles. The first-order valence-corrected chi connectivity index (χ1v) is 9.54. The van der Waals surface area contributed by atoms with Crippen LogP contribution < -0.4 is 10.6 Å². The van der Waals surface area contributed by atoms with Crippen LogP contribution in [0, 0.1) is 6.92 Å². The van der Waals surface area contributed by atoms with Crippen molar-refractivity contribution in [1.82, 2.24) is 20.2 Å². The fourth-order valence-electron chi connectivity index (χ4n) is 2.52. The van der Waals surface area contributed by atoms with Gasteiger partial charge in [-0.1, -0.05) is 12.1 Å². The fraction of sp³-hybridized carbons (Fsp3) is 0.200. The number of anilines is 1. The van der Waals surface area contributed by atoms with E-state index in [0.717, 1.165) is 15.6 Å². The average Bonchev–Trinajstić information content (AvgIpc) is 3.11. The second-order valence-electron chi connectivity index (χ2n) is 6.22. The van der Waals surface area contributed by atoms with Crippen molar-refractivity contribution in [2.45, 2.75) is 20.0 Å². The Morgan fingerprint density at radius 3 is 2.71 bits per heavy atom. The van der Waals surface area contributed by atoms with Gasteiger partial charge in [-0.15, -0.1) is 11.3 Å². The molecule has 2 aromatic heterocycles. The third-order valence-corrected chi connectivity index (χ3v) is 4.84. The molecule has 7 nitrogen and oxygen atoms in total. The second-order valence-corrected chi connectivity index (χ2v) is 7.54. The minimum absolute atomic E-state index is 0.227. The molecule has 28 heavy (non-hydrogen) atoms. The molecule has 3 aromatic rings. The molecule has 0 aliphatic rings. The van der Waals surface area contributed by atoms with Gasteiger partial charge in [-0.25, -0.2) is 9.78 Å². The van der Waals surface area contributed by atoms with Gasteiger partial charge in [0.25, 0.3) is 5.91 Å². The Balaban J connectivity index is 1.57. The maximum atomic E-state index is 12.4. The van der Waals surface area contributed by atoms with Crippen LogP contribution in [-0.4, -0.2) is 33.9 Å². The Hall–Kier alpha value is -3.26. The molecule has 0 spiro atoms. The molecular formula is C20H21N5O2S. The number of nitrogens with zero attached hydrogens (tertiary/aromatic N) is 3. The smallest absolute Gasteiger partial charge is 0.321 e. The monoisotopic (exact) mass is 395 g/mol. The number of hydrogen-bond acceptors (Lipinski definition) is 5. The number of benzene rings is 1. The average molecular weight is 395 g/mol. The highest BCUT2D eigenvalue weighted by Gasteiger charge is 2.12. The molecule has 0 bridgehead atoms. The summed E-state index contributed by atoms with van der Waals surface area (Å²) in [4.78, 5) is 35.7. The number of pyridine rings is 1. The Morgan fingerprint density at radius 2 is 2.00 bits per heavy atom. The van der Waals surface area contributed by atoms with Crippen molar-refractivity contribution >= 4 is 29.0 Å². The Bertz CT molecular complexity index is 958. The quantitative estimate of drug-likeness (QED) is 0.669. The highest BCUT2D eigenvalue weighted by molar-refractivity contribution is 7.11. The Labute approximate surface area is 167 Å². The van der Waals surface area contributed by atoms with Gasteiger partial charge < -0.3 is 15.5 Å². The SMILES string of the molecule is Cc1ncc(CN(C)C(=O)Nc2cccc(C(=O)NCc3ccccn3)c2)s1. The molecule has 0 atom stereocenters. The van der Waals surface area contributed by atoms with Gasteiger partial charge in [-0.05, 0) is 37.3 Å². The predicted octanol–water partition coefficient (Wildman–Crippen LogP) is 3.44. The van der Waals surface area contributed by atoms with Gasteiger partial charge in [0.15, 0.2) is 0 Å².